The average Bonchev–Trinajstić information content (AvgIpc) is 3.67. The van der Waals surface area contributed by atoms with Crippen molar-refractivity contribution in [2.45, 2.75) is 31.9 Å². The number of anilines is 1. The van der Waals surface area contributed by atoms with Gasteiger partial charge in [0.15, 0.2) is 17.2 Å². The Bertz CT molecular complexity index is 1960. The SMILES string of the molecule is C[C@H](NC(=O)c1c(N)nc2cccnn12)c1cc2cccc(C#CCNC(=O)C3CCCO3)c2c(=O)n1-c1ccccc1. The van der Waals surface area contributed by atoms with Crippen LogP contribution >= 0.6 is 0 Å². The number of nitrogens with one attached hydrogen (secondary N) is 2. The van der Waals surface area contributed by atoms with Crippen molar-refractivity contribution in [3.8, 4) is 17.5 Å². The summed E-state index contributed by atoms with van der Waals surface area (Å²) in [5.41, 5.74) is 8.07. The molecular weight excluding hydrogens is 546 g/mol. The Morgan fingerprint density at radius 2 is 1.98 bits per heavy atom. The number of carbonyl (C=O) groups excluding carboxylic acids is 2. The summed E-state index contributed by atoms with van der Waals surface area (Å²) in [7, 11) is 0. The topological polar surface area (TPSA) is 146 Å². The molecule has 1 aliphatic heterocycles. The van der Waals surface area contributed by atoms with E-state index in [2.05, 4.69) is 32.6 Å². The third-order valence-corrected chi connectivity index (χ3v) is 7.31. The molecule has 2 atom stereocenters. The first kappa shape index (κ1) is 27.7. The molecule has 0 spiro atoms. The number of amides is 2. The predicted octanol–water partition coefficient (Wildman–Crippen LogP) is 2.75. The molecule has 6 rings (SSSR count). The molecule has 4 N–H and O–H groups in total. The number of pyridine rings is 1. The Hall–Kier alpha value is -5.47. The van der Waals surface area contributed by atoms with Gasteiger partial charge < -0.3 is 21.1 Å². The minimum absolute atomic E-state index is 0.0533. The van der Waals surface area contributed by atoms with Gasteiger partial charge in [-0.3, -0.25) is 19.0 Å². The first-order valence-corrected chi connectivity index (χ1v) is 13.9. The lowest BCUT2D eigenvalue weighted by atomic mass is 10.0. The first-order valence-electron chi connectivity index (χ1n) is 13.9. The van der Waals surface area contributed by atoms with Gasteiger partial charge in [-0.1, -0.05) is 42.2 Å². The summed E-state index contributed by atoms with van der Waals surface area (Å²) in [6.45, 7) is 2.51. The number of ether oxygens (including phenoxy) is 1. The van der Waals surface area contributed by atoms with Gasteiger partial charge in [0.05, 0.1) is 18.0 Å². The smallest absolute Gasteiger partial charge is 0.274 e. The van der Waals surface area contributed by atoms with Crippen LogP contribution in [0.1, 0.15) is 47.6 Å². The van der Waals surface area contributed by atoms with Crippen molar-refractivity contribution in [1.82, 2.24) is 29.8 Å². The summed E-state index contributed by atoms with van der Waals surface area (Å²) in [5, 5.41) is 11.1. The van der Waals surface area contributed by atoms with Crippen LogP contribution < -0.4 is 21.9 Å². The number of rotatable bonds is 6. The summed E-state index contributed by atoms with van der Waals surface area (Å²) in [5.74, 6) is 5.41. The quantitative estimate of drug-likeness (QED) is 0.264. The number of nitrogen functional groups attached to an aromatic ring is 1. The molecule has 2 aromatic carbocycles. The minimum Gasteiger partial charge on any atom is -0.382 e. The zero-order chi connectivity index (χ0) is 29.9. The fourth-order valence-corrected chi connectivity index (χ4v) is 5.27. The summed E-state index contributed by atoms with van der Waals surface area (Å²) in [6, 6.07) is 19.3. The Morgan fingerprint density at radius 1 is 1.14 bits per heavy atom. The fourth-order valence-electron chi connectivity index (χ4n) is 5.27. The molecule has 1 fully saturated rings. The highest BCUT2D eigenvalue weighted by Crippen LogP contribution is 2.24. The molecule has 0 bridgehead atoms. The number of fused-ring (bicyclic) bond motifs is 2. The van der Waals surface area contributed by atoms with Gasteiger partial charge in [-0.2, -0.15) is 5.10 Å². The van der Waals surface area contributed by atoms with Crippen molar-refractivity contribution in [2.75, 3.05) is 18.9 Å². The zero-order valence-corrected chi connectivity index (χ0v) is 23.4. The molecule has 43 heavy (non-hydrogen) atoms. The van der Waals surface area contributed by atoms with Gasteiger partial charge in [0.25, 0.3) is 11.5 Å². The maximum absolute atomic E-state index is 14.2. The molecule has 0 saturated carbocycles. The zero-order valence-electron chi connectivity index (χ0n) is 23.4. The molecule has 0 aliphatic carbocycles. The third kappa shape index (κ3) is 5.43. The van der Waals surface area contributed by atoms with E-state index in [1.165, 1.54) is 4.52 Å². The van der Waals surface area contributed by atoms with Gasteiger partial charge in [-0.25, -0.2) is 9.50 Å². The second kappa shape index (κ2) is 11.8. The maximum atomic E-state index is 14.2. The van der Waals surface area contributed by atoms with Crippen LogP contribution in [0.5, 0.6) is 0 Å². The number of imidazole rings is 1. The van der Waals surface area contributed by atoms with E-state index in [9.17, 15) is 14.4 Å². The average molecular weight is 576 g/mol. The Balaban J connectivity index is 1.36. The lowest BCUT2D eigenvalue weighted by molar-refractivity contribution is -0.129. The highest BCUT2D eigenvalue weighted by molar-refractivity contribution is 5.98. The van der Waals surface area contributed by atoms with Gasteiger partial charge in [0.2, 0.25) is 5.91 Å². The van der Waals surface area contributed by atoms with Gasteiger partial charge >= 0.3 is 0 Å². The number of para-hydroxylation sites is 1. The van der Waals surface area contributed by atoms with Gasteiger partial charge in [0, 0.05) is 29.7 Å². The Labute approximate surface area is 246 Å². The highest BCUT2D eigenvalue weighted by Gasteiger charge is 2.24. The van der Waals surface area contributed by atoms with Crippen LogP contribution in [0.3, 0.4) is 0 Å². The largest absolute Gasteiger partial charge is 0.382 e. The minimum atomic E-state index is -0.610. The predicted molar refractivity (Wildman–Crippen MR) is 162 cm³/mol. The normalized spacial score (nSPS) is 15.1. The van der Waals surface area contributed by atoms with Crippen molar-refractivity contribution in [2.24, 2.45) is 0 Å². The maximum Gasteiger partial charge on any atom is 0.274 e. The number of nitrogens with two attached hydrogens (primary N) is 1. The number of aromatic nitrogens is 4. The molecule has 216 valence electrons. The second-order valence-electron chi connectivity index (χ2n) is 10.2. The van der Waals surface area contributed by atoms with E-state index in [0.717, 1.165) is 6.42 Å². The fraction of sp³-hybridized carbons (Fsp3) is 0.219. The van der Waals surface area contributed by atoms with E-state index in [-0.39, 0.29) is 29.5 Å². The van der Waals surface area contributed by atoms with E-state index in [0.29, 0.717) is 46.4 Å². The molecule has 2 amide bonds. The van der Waals surface area contributed by atoms with Crippen molar-refractivity contribution in [1.29, 1.82) is 0 Å². The summed E-state index contributed by atoms with van der Waals surface area (Å²) in [6.07, 6.45) is 2.68. The van der Waals surface area contributed by atoms with E-state index in [4.69, 9.17) is 10.5 Å². The molecule has 11 heteroatoms. The van der Waals surface area contributed by atoms with Gasteiger partial charge in [-0.05, 0) is 61.5 Å². The van der Waals surface area contributed by atoms with E-state index in [1.54, 1.807) is 35.9 Å². The molecule has 11 nitrogen and oxygen atoms in total. The summed E-state index contributed by atoms with van der Waals surface area (Å²) < 4.78 is 8.38. The number of benzene rings is 2. The van der Waals surface area contributed by atoms with Crippen LogP contribution in [0.15, 0.2) is 77.7 Å². The lowest BCUT2D eigenvalue weighted by Gasteiger charge is -2.21. The van der Waals surface area contributed by atoms with Crippen molar-refractivity contribution in [3.63, 3.8) is 0 Å². The Morgan fingerprint density at radius 3 is 2.77 bits per heavy atom. The molecule has 3 aromatic heterocycles. The van der Waals surface area contributed by atoms with Crippen LogP contribution in [0.2, 0.25) is 0 Å². The monoisotopic (exact) mass is 575 g/mol. The first-order chi connectivity index (χ1) is 20.9. The van der Waals surface area contributed by atoms with E-state index in [1.807, 2.05) is 48.5 Å². The van der Waals surface area contributed by atoms with Crippen LogP contribution in [-0.4, -0.2) is 50.2 Å². The Kier molecular flexibility index (Phi) is 7.59. The molecule has 1 unspecified atom stereocenters. The molecule has 0 radical (unpaired) electrons. The van der Waals surface area contributed by atoms with Crippen molar-refractivity contribution in [3.05, 3.63) is 100 Å². The van der Waals surface area contributed by atoms with Crippen LogP contribution in [0, 0.1) is 11.8 Å². The van der Waals surface area contributed by atoms with Gasteiger partial charge in [0.1, 0.15) is 6.10 Å². The standard InChI is InChI=1S/C32H29N7O4/c1-20(36-31(41)28-29(33)37-26-15-7-17-35-39(26)28)24-19-22-10-5-9-21(11-6-16-34-30(40)25-14-8-18-43-25)27(22)32(42)38(24)23-12-3-2-4-13-23/h2-5,7,9-10,12-13,15,17,19-20,25H,8,14,16,18,33H2,1H3,(H,34,40)(H,36,41)/t20-,25?/m0/s1. The summed E-state index contributed by atoms with van der Waals surface area (Å²) >= 11 is 0. The van der Waals surface area contributed by atoms with Crippen LogP contribution in [0.25, 0.3) is 22.1 Å². The number of nitrogens with zero attached hydrogens (tertiary/aromatic N) is 4. The molecule has 1 aliphatic rings. The number of hydrogen-bond donors (Lipinski definition) is 3. The molecule has 1 saturated heterocycles. The van der Waals surface area contributed by atoms with E-state index < -0.39 is 18.1 Å². The molecule has 5 aromatic rings. The van der Waals surface area contributed by atoms with Crippen LogP contribution in [-0.2, 0) is 9.53 Å². The van der Waals surface area contributed by atoms with Crippen molar-refractivity contribution >= 4 is 34.1 Å². The van der Waals surface area contributed by atoms with Gasteiger partial charge in [-0.15, -0.1) is 0 Å². The van der Waals surface area contributed by atoms with Crippen molar-refractivity contribution < 1.29 is 14.3 Å². The number of hydrogen-bond acceptors (Lipinski definition) is 7. The molecule has 4 heterocycles. The number of carbonyl (C=O) groups is 2. The van der Waals surface area contributed by atoms with Crippen LogP contribution in [0.4, 0.5) is 5.82 Å². The second-order valence-corrected chi connectivity index (χ2v) is 10.2. The van der Waals surface area contributed by atoms with E-state index >= 15 is 0 Å². The summed E-state index contributed by atoms with van der Waals surface area (Å²) in [4.78, 5) is 44.1. The highest BCUT2D eigenvalue weighted by atomic mass is 16.5. The third-order valence-electron chi connectivity index (χ3n) is 7.31. The molecular formula is C32H29N7O4. The lowest BCUT2D eigenvalue weighted by Crippen LogP contribution is -2.34.